The van der Waals surface area contributed by atoms with Gasteiger partial charge in [0.15, 0.2) is 28.8 Å². The third-order valence-electron chi connectivity index (χ3n) is 4.34. The lowest BCUT2D eigenvalue weighted by molar-refractivity contribution is -0.111. The number of ketones is 1. The van der Waals surface area contributed by atoms with Crippen LogP contribution in [0.3, 0.4) is 0 Å². The Morgan fingerprint density at radius 2 is 1.23 bits per heavy atom. The standard InChI is InChI=1S/C21H20O5/c1-25-19-11-13(3-7-17(19)22)9-15-5-6-16(21(15)24)10-14-4-8-18(23)20(12-14)26-2/h3-4,7-12,22-23H,5-6H2,1-2H3/b15-9-,16-10+. The largest absolute Gasteiger partial charge is 0.504 e. The normalized spacial score (nSPS) is 17.1. The van der Waals surface area contributed by atoms with Crippen LogP contribution >= 0.6 is 0 Å². The lowest BCUT2D eigenvalue weighted by Gasteiger charge is -2.05. The Labute approximate surface area is 151 Å². The molecule has 0 atom stereocenters. The van der Waals surface area contributed by atoms with Crippen molar-refractivity contribution in [3.05, 3.63) is 58.7 Å². The molecule has 5 heteroatoms. The molecule has 0 aliphatic heterocycles. The van der Waals surface area contributed by atoms with E-state index in [9.17, 15) is 15.0 Å². The summed E-state index contributed by atoms with van der Waals surface area (Å²) in [7, 11) is 2.97. The minimum atomic E-state index is 0.00378. The maximum absolute atomic E-state index is 12.7. The van der Waals surface area contributed by atoms with E-state index in [2.05, 4.69) is 0 Å². The molecule has 0 heterocycles. The van der Waals surface area contributed by atoms with E-state index in [0.717, 1.165) is 22.3 Å². The lowest BCUT2D eigenvalue weighted by Crippen LogP contribution is -1.96. The van der Waals surface area contributed by atoms with E-state index in [1.54, 1.807) is 36.4 Å². The molecule has 0 amide bonds. The van der Waals surface area contributed by atoms with Crippen LogP contribution in [0.2, 0.25) is 0 Å². The summed E-state index contributed by atoms with van der Waals surface area (Å²) in [4.78, 5) is 12.7. The Kier molecular flexibility index (Phi) is 4.98. The highest BCUT2D eigenvalue weighted by molar-refractivity contribution is 6.15. The van der Waals surface area contributed by atoms with E-state index >= 15 is 0 Å². The average Bonchev–Trinajstić information content (AvgIpc) is 2.98. The average molecular weight is 352 g/mol. The van der Waals surface area contributed by atoms with Crippen LogP contribution in [0, 0.1) is 0 Å². The monoisotopic (exact) mass is 352 g/mol. The minimum absolute atomic E-state index is 0.00378. The summed E-state index contributed by atoms with van der Waals surface area (Å²) in [6, 6.07) is 9.97. The Hall–Kier alpha value is -3.21. The van der Waals surface area contributed by atoms with Crippen molar-refractivity contribution in [2.24, 2.45) is 0 Å². The maximum Gasteiger partial charge on any atom is 0.185 e. The fourth-order valence-corrected chi connectivity index (χ4v) is 2.95. The number of methoxy groups -OCH3 is 2. The highest BCUT2D eigenvalue weighted by atomic mass is 16.5. The molecule has 2 aromatic carbocycles. The third-order valence-corrected chi connectivity index (χ3v) is 4.34. The number of rotatable bonds is 4. The maximum atomic E-state index is 12.7. The second-order valence-electron chi connectivity index (χ2n) is 6.03. The molecule has 0 radical (unpaired) electrons. The van der Waals surface area contributed by atoms with Crippen molar-refractivity contribution in [2.75, 3.05) is 14.2 Å². The van der Waals surface area contributed by atoms with Crippen molar-refractivity contribution in [1.29, 1.82) is 0 Å². The van der Waals surface area contributed by atoms with Crippen molar-refractivity contribution in [1.82, 2.24) is 0 Å². The summed E-state index contributed by atoms with van der Waals surface area (Å²) < 4.78 is 10.2. The van der Waals surface area contributed by atoms with Gasteiger partial charge in [0.25, 0.3) is 0 Å². The van der Waals surface area contributed by atoms with Gasteiger partial charge in [-0.1, -0.05) is 12.1 Å². The van der Waals surface area contributed by atoms with Crippen molar-refractivity contribution in [2.45, 2.75) is 12.8 Å². The number of carbonyl (C=O) groups excluding carboxylic acids is 1. The van der Waals surface area contributed by atoms with Crippen LogP contribution in [0.15, 0.2) is 47.5 Å². The number of hydrogen-bond donors (Lipinski definition) is 2. The molecule has 0 aromatic heterocycles. The van der Waals surface area contributed by atoms with Gasteiger partial charge in [-0.15, -0.1) is 0 Å². The Balaban J connectivity index is 1.86. The molecule has 0 unspecified atom stereocenters. The van der Waals surface area contributed by atoms with Crippen LogP contribution in [0.4, 0.5) is 0 Å². The summed E-state index contributed by atoms with van der Waals surface area (Å²) in [6.45, 7) is 0. The first-order chi connectivity index (χ1) is 12.5. The van der Waals surface area contributed by atoms with Gasteiger partial charge in [-0.2, -0.15) is 0 Å². The van der Waals surface area contributed by atoms with Crippen LogP contribution in [0.5, 0.6) is 23.0 Å². The summed E-state index contributed by atoms with van der Waals surface area (Å²) in [5.41, 5.74) is 3.04. The first-order valence-electron chi connectivity index (χ1n) is 8.21. The van der Waals surface area contributed by atoms with Gasteiger partial charge in [-0.3, -0.25) is 4.79 Å². The Morgan fingerprint density at radius 3 is 1.62 bits per heavy atom. The van der Waals surface area contributed by atoms with Crippen LogP contribution < -0.4 is 9.47 Å². The predicted molar refractivity (Wildman–Crippen MR) is 99.5 cm³/mol. The minimum Gasteiger partial charge on any atom is -0.504 e. The van der Waals surface area contributed by atoms with Crippen molar-refractivity contribution in [3.8, 4) is 23.0 Å². The number of aromatic hydroxyl groups is 2. The fraction of sp³-hybridized carbons (Fsp3) is 0.190. The van der Waals surface area contributed by atoms with Gasteiger partial charge in [0.1, 0.15) is 0 Å². The lowest BCUT2D eigenvalue weighted by atomic mass is 10.1. The number of allylic oxidation sites excluding steroid dienone is 2. The van der Waals surface area contributed by atoms with Gasteiger partial charge in [0.05, 0.1) is 14.2 Å². The molecular formula is C21H20O5. The molecule has 26 heavy (non-hydrogen) atoms. The molecule has 2 aromatic rings. The molecule has 1 saturated carbocycles. The highest BCUT2D eigenvalue weighted by Gasteiger charge is 2.23. The third kappa shape index (κ3) is 3.57. The summed E-state index contributed by atoms with van der Waals surface area (Å²) in [5, 5.41) is 19.3. The van der Waals surface area contributed by atoms with E-state index in [4.69, 9.17) is 9.47 Å². The number of hydrogen-bond acceptors (Lipinski definition) is 5. The van der Waals surface area contributed by atoms with E-state index < -0.39 is 0 Å². The van der Waals surface area contributed by atoms with Crippen LogP contribution in [0.25, 0.3) is 12.2 Å². The summed E-state index contributed by atoms with van der Waals surface area (Å²) in [5.74, 6) is 0.876. The highest BCUT2D eigenvalue weighted by Crippen LogP contribution is 2.33. The Morgan fingerprint density at radius 1 is 0.808 bits per heavy atom. The topological polar surface area (TPSA) is 76.0 Å². The quantitative estimate of drug-likeness (QED) is 0.815. The second-order valence-corrected chi connectivity index (χ2v) is 6.03. The number of Topliss-reactive ketones (excluding diaryl/α,β-unsaturated/α-hetero) is 1. The van der Waals surface area contributed by atoms with E-state index in [1.807, 2.05) is 12.2 Å². The first kappa shape index (κ1) is 17.6. The molecular weight excluding hydrogens is 332 g/mol. The second kappa shape index (κ2) is 7.35. The van der Waals surface area contributed by atoms with E-state index in [-0.39, 0.29) is 17.3 Å². The van der Waals surface area contributed by atoms with Gasteiger partial charge < -0.3 is 19.7 Å². The molecule has 1 aliphatic rings. The molecule has 5 nitrogen and oxygen atoms in total. The molecule has 0 saturated heterocycles. The number of ether oxygens (including phenoxy) is 2. The van der Waals surface area contributed by atoms with Gasteiger partial charge in [0.2, 0.25) is 0 Å². The molecule has 1 aliphatic carbocycles. The summed E-state index contributed by atoms with van der Waals surface area (Å²) in [6.07, 6.45) is 4.96. The zero-order valence-corrected chi connectivity index (χ0v) is 14.7. The number of benzene rings is 2. The van der Waals surface area contributed by atoms with Crippen molar-refractivity contribution in [3.63, 3.8) is 0 Å². The SMILES string of the molecule is COc1cc(/C=C2/CC/C(=C\c3ccc(O)c(OC)c3)C2=O)ccc1O. The predicted octanol–water partition coefficient (Wildman–Crippen LogP) is 3.94. The number of phenolic OH excluding ortho intramolecular Hbond substituents is 2. The van der Waals surface area contributed by atoms with Gasteiger partial charge in [0, 0.05) is 11.1 Å². The van der Waals surface area contributed by atoms with E-state index in [0.29, 0.717) is 24.3 Å². The summed E-state index contributed by atoms with van der Waals surface area (Å²) >= 11 is 0. The Bertz CT molecular complexity index is 835. The smallest absolute Gasteiger partial charge is 0.185 e. The molecule has 0 spiro atoms. The van der Waals surface area contributed by atoms with Gasteiger partial charge in [-0.25, -0.2) is 0 Å². The zero-order chi connectivity index (χ0) is 18.7. The molecule has 134 valence electrons. The van der Waals surface area contributed by atoms with Crippen LogP contribution in [-0.4, -0.2) is 30.2 Å². The molecule has 3 rings (SSSR count). The van der Waals surface area contributed by atoms with Gasteiger partial charge in [-0.05, 0) is 60.4 Å². The van der Waals surface area contributed by atoms with Crippen LogP contribution in [-0.2, 0) is 4.79 Å². The van der Waals surface area contributed by atoms with Crippen molar-refractivity contribution >= 4 is 17.9 Å². The number of carbonyl (C=O) groups is 1. The zero-order valence-electron chi connectivity index (χ0n) is 14.7. The van der Waals surface area contributed by atoms with Crippen LogP contribution in [0.1, 0.15) is 24.0 Å². The van der Waals surface area contributed by atoms with Gasteiger partial charge >= 0.3 is 0 Å². The fourth-order valence-electron chi connectivity index (χ4n) is 2.95. The van der Waals surface area contributed by atoms with E-state index in [1.165, 1.54) is 14.2 Å². The molecule has 2 N–H and O–H groups in total. The molecule has 1 fully saturated rings. The molecule has 0 bridgehead atoms. The number of phenols is 2. The van der Waals surface area contributed by atoms with Crippen molar-refractivity contribution < 1.29 is 24.5 Å². The first-order valence-corrected chi connectivity index (χ1v) is 8.21.